The Hall–Kier alpha value is -0.890. The first-order valence-electron chi connectivity index (χ1n) is 4.80. The Morgan fingerprint density at radius 1 is 1.38 bits per heavy atom. The summed E-state index contributed by atoms with van der Waals surface area (Å²) in [5.41, 5.74) is 1.12. The number of benzene rings is 1. The normalized spacial score (nSPS) is 17.0. The first-order chi connectivity index (χ1) is 6.34. The molecule has 1 aliphatic heterocycles. The van der Waals surface area contributed by atoms with Gasteiger partial charge in [0.15, 0.2) is 0 Å². The van der Waals surface area contributed by atoms with E-state index in [1.807, 2.05) is 6.07 Å². The summed E-state index contributed by atoms with van der Waals surface area (Å²) in [5, 5.41) is 3.23. The van der Waals surface area contributed by atoms with Crippen LogP contribution < -0.4 is 5.32 Å². The minimum Gasteiger partial charge on any atom is -0.316 e. The highest BCUT2D eigenvalue weighted by Gasteiger charge is 2.15. The lowest BCUT2D eigenvalue weighted by Crippen LogP contribution is -2.42. The molecular weight excluding hydrogens is 165 g/mol. The van der Waals surface area contributed by atoms with Crippen molar-refractivity contribution in [2.24, 2.45) is 5.92 Å². The van der Waals surface area contributed by atoms with E-state index < -0.39 is 0 Å². The van der Waals surface area contributed by atoms with Gasteiger partial charge in [-0.25, -0.2) is 4.39 Å². The lowest BCUT2D eigenvalue weighted by atomic mass is 9.95. The number of hydrogen-bond acceptors (Lipinski definition) is 1. The van der Waals surface area contributed by atoms with Crippen molar-refractivity contribution in [3.63, 3.8) is 0 Å². The number of hydrogen-bond donors (Lipinski definition) is 1. The van der Waals surface area contributed by atoms with Gasteiger partial charge in [-0.2, -0.15) is 0 Å². The van der Waals surface area contributed by atoms with Crippen molar-refractivity contribution in [2.45, 2.75) is 12.8 Å². The zero-order valence-corrected chi connectivity index (χ0v) is 7.59. The van der Waals surface area contributed by atoms with Crippen LogP contribution in [0.25, 0.3) is 0 Å². The lowest BCUT2D eigenvalue weighted by molar-refractivity contribution is 0.327. The number of halogens is 1. The third kappa shape index (κ3) is 2.28. The zero-order valence-electron chi connectivity index (χ0n) is 7.59. The fourth-order valence-corrected chi connectivity index (χ4v) is 1.62. The fraction of sp³-hybridized carbons (Fsp3) is 0.455. The second-order valence-corrected chi connectivity index (χ2v) is 3.69. The summed E-state index contributed by atoms with van der Waals surface area (Å²) in [5.74, 6) is 0.688. The minimum atomic E-state index is -0.121. The Kier molecular flexibility index (Phi) is 2.60. The predicted octanol–water partition coefficient (Wildman–Crippen LogP) is 1.98. The molecule has 0 aliphatic carbocycles. The van der Waals surface area contributed by atoms with Crippen molar-refractivity contribution >= 4 is 0 Å². The molecule has 1 heterocycles. The number of nitrogens with one attached hydrogen (secondary N) is 1. The largest absolute Gasteiger partial charge is 0.316 e. The highest BCUT2D eigenvalue weighted by atomic mass is 19.1. The van der Waals surface area contributed by atoms with Gasteiger partial charge in [0.2, 0.25) is 0 Å². The van der Waals surface area contributed by atoms with Crippen LogP contribution in [0.3, 0.4) is 0 Å². The molecule has 0 atom stereocenters. The van der Waals surface area contributed by atoms with Crippen molar-refractivity contribution in [3.8, 4) is 0 Å². The highest BCUT2D eigenvalue weighted by Crippen LogP contribution is 2.13. The molecule has 1 nitrogen and oxygen atoms in total. The first kappa shape index (κ1) is 8.70. The molecule has 1 aromatic carbocycles. The molecule has 1 aromatic rings. The van der Waals surface area contributed by atoms with Crippen LogP contribution >= 0.6 is 0 Å². The van der Waals surface area contributed by atoms with Gasteiger partial charge in [-0.15, -0.1) is 0 Å². The van der Waals surface area contributed by atoms with Crippen LogP contribution in [0.5, 0.6) is 0 Å². The summed E-state index contributed by atoms with van der Waals surface area (Å²) >= 11 is 0. The monoisotopic (exact) mass is 179 g/mol. The molecule has 1 fully saturated rings. The van der Waals surface area contributed by atoms with E-state index in [1.54, 1.807) is 12.1 Å². The van der Waals surface area contributed by atoms with E-state index in [1.165, 1.54) is 12.5 Å². The first-order valence-corrected chi connectivity index (χ1v) is 4.80. The molecule has 0 radical (unpaired) electrons. The molecule has 2 heteroatoms. The molecule has 1 aliphatic rings. The Morgan fingerprint density at radius 3 is 2.85 bits per heavy atom. The summed E-state index contributed by atoms with van der Waals surface area (Å²) in [6.45, 7) is 2.27. The van der Waals surface area contributed by atoms with Gasteiger partial charge >= 0.3 is 0 Å². The van der Waals surface area contributed by atoms with Gasteiger partial charge in [0.05, 0.1) is 0 Å². The van der Waals surface area contributed by atoms with E-state index >= 15 is 0 Å². The van der Waals surface area contributed by atoms with Crippen LogP contribution in [0.15, 0.2) is 24.3 Å². The average molecular weight is 179 g/mol. The molecule has 0 bridgehead atoms. The lowest BCUT2D eigenvalue weighted by Gasteiger charge is -2.26. The maximum Gasteiger partial charge on any atom is 0.123 e. The average Bonchev–Trinajstić information content (AvgIpc) is 2.01. The van der Waals surface area contributed by atoms with Crippen molar-refractivity contribution in [2.75, 3.05) is 13.1 Å². The quantitative estimate of drug-likeness (QED) is 0.748. The van der Waals surface area contributed by atoms with Crippen LogP contribution in [0, 0.1) is 11.7 Å². The molecule has 0 spiro atoms. The number of rotatable bonds is 3. The maximum atomic E-state index is 12.8. The Labute approximate surface area is 78.0 Å². The van der Waals surface area contributed by atoms with E-state index in [4.69, 9.17) is 0 Å². The van der Waals surface area contributed by atoms with Gasteiger partial charge < -0.3 is 5.32 Å². The molecular formula is C11H14FN. The van der Waals surface area contributed by atoms with E-state index in [0.29, 0.717) is 0 Å². The van der Waals surface area contributed by atoms with Gasteiger partial charge in [0.1, 0.15) is 5.82 Å². The molecule has 0 saturated carbocycles. The van der Waals surface area contributed by atoms with Gasteiger partial charge in [-0.1, -0.05) is 12.1 Å². The van der Waals surface area contributed by atoms with Crippen molar-refractivity contribution in [3.05, 3.63) is 35.6 Å². The van der Waals surface area contributed by atoms with Crippen molar-refractivity contribution in [1.29, 1.82) is 0 Å². The summed E-state index contributed by atoms with van der Waals surface area (Å²) in [6, 6.07) is 6.90. The SMILES string of the molecule is Fc1cccc(CCC2CNC2)c1. The second-order valence-electron chi connectivity index (χ2n) is 3.69. The van der Waals surface area contributed by atoms with Crippen LogP contribution in [0.4, 0.5) is 4.39 Å². The van der Waals surface area contributed by atoms with Gasteiger partial charge in [-0.3, -0.25) is 0 Å². The van der Waals surface area contributed by atoms with E-state index in [9.17, 15) is 4.39 Å². The molecule has 1 saturated heterocycles. The van der Waals surface area contributed by atoms with Gasteiger partial charge in [0, 0.05) is 0 Å². The minimum absolute atomic E-state index is 0.121. The van der Waals surface area contributed by atoms with Crippen molar-refractivity contribution < 1.29 is 4.39 Å². The zero-order chi connectivity index (χ0) is 9.10. The summed E-state index contributed by atoms with van der Waals surface area (Å²) in [4.78, 5) is 0. The van der Waals surface area contributed by atoms with Gasteiger partial charge in [0.25, 0.3) is 0 Å². The predicted molar refractivity (Wildman–Crippen MR) is 51.1 cm³/mol. The van der Waals surface area contributed by atoms with Crippen molar-refractivity contribution in [1.82, 2.24) is 5.32 Å². The van der Waals surface area contributed by atoms with Crippen LogP contribution in [0.2, 0.25) is 0 Å². The molecule has 0 aromatic heterocycles. The fourth-order valence-electron chi connectivity index (χ4n) is 1.62. The maximum absolute atomic E-state index is 12.8. The molecule has 70 valence electrons. The van der Waals surface area contributed by atoms with Crippen LogP contribution in [-0.2, 0) is 6.42 Å². The Morgan fingerprint density at radius 2 is 2.23 bits per heavy atom. The van der Waals surface area contributed by atoms with Crippen LogP contribution in [0.1, 0.15) is 12.0 Å². The third-order valence-corrected chi connectivity index (χ3v) is 2.60. The highest BCUT2D eigenvalue weighted by molar-refractivity contribution is 5.16. The van der Waals surface area contributed by atoms with Gasteiger partial charge in [-0.05, 0) is 49.5 Å². The standard InChI is InChI=1S/C11H14FN/c12-11-3-1-2-9(6-11)4-5-10-7-13-8-10/h1-3,6,10,13H,4-5,7-8H2. The second kappa shape index (κ2) is 3.88. The smallest absolute Gasteiger partial charge is 0.123 e. The Bertz CT molecular complexity index is 281. The number of aryl methyl sites for hydroxylation is 1. The summed E-state index contributed by atoms with van der Waals surface area (Å²) < 4.78 is 12.8. The molecule has 0 amide bonds. The molecule has 0 unspecified atom stereocenters. The van der Waals surface area contributed by atoms with E-state index in [0.717, 1.165) is 31.0 Å². The Balaban J connectivity index is 1.86. The summed E-state index contributed by atoms with van der Waals surface area (Å²) in [6.07, 6.45) is 2.18. The molecule has 13 heavy (non-hydrogen) atoms. The van der Waals surface area contributed by atoms with E-state index in [2.05, 4.69) is 5.32 Å². The molecule has 1 N–H and O–H groups in total. The summed E-state index contributed by atoms with van der Waals surface area (Å²) in [7, 11) is 0. The third-order valence-electron chi connectivity index (χ3n) is 2.60. The molecule has 2 rings (SSSR count). The van der Waals surface area contributed by atoms with Crippen LogP contribution in [-0.4, -0.2) is 13.1 Å². The van der Waals surface area contributed by atoms with E-state index in [-0.39, 0.29) is 5.82 Å². The topological polar surface area (TPSA) is 12.0 Å².